The van der Waals surface area contributed by atoms with Crippen LogP contribution < -0.4 is 14.8 Å². The van der Waals surface area contributed by atoms with Crippen LogP contribution in [0.2, 0.25) is 0 Å². The second-order valence-corrected chi connectivity index (χ2v) is 7.82. The highest BCUT2D eigenvalue weighted by atomic mass is 16.7. The second kappa shape index (κ2) is 7.74. The van der Waals surface area contributed by atoms with Crippen molar-refractivity contribution in [2.75, 3.05) is 25.2 Å². The summed E-state index contributed by atoms with van der Waals surface area (Å²) in [6.07, 6.45) is 5.92. The zero-order chi connectivity index (χ0) is 20.5. The Morgan fingerprint density at radius 2 is 1.93 bits per heavy atom. The van der Waals surface area contributed by atoms with E-state index in [1.807, 2.05) is 34.0 Å². The summed E-state index contributed by atoms with van der Waals surface area (Å²) >= 11 is 0. The highest BCUT2D eigenvalue weighted by Gasteiger charge is 2.25. The lowest BCUT2D eigenvalue weighted by Gasteiger charge is -2.31. The molecule has 0 radical (unpaired) electrons. The maximum absolute atomic E-state index is 12.7. The smallest absolute Gasteiger partial charge is 0.321 e. The van der Waals surface area contributed by atoms with Crippen molar-refractivity contribution in [3.8, 4) is 17.2 Å². The lowest BCUT2D eigenvalue weighted by molar-refractivity contribution is 0.174. The van der Waals surface area contributed by atoms with Crippen molar-refractivity contribution in [1.82, 2.24) is 14.7 Å². The van der Waals surface area contributed by atoms with E-state index in [0.717, 1.165) is 31.6 Å². The van der Waals surface area contributed by atoms with Crippen LogP contribution in [-0.2, 0) is 0 Å². The van der Waals surface area contributed by atoms with Crippen LogP contribution in [0.4, 0.5) is 10.5 Å². The van der Waals surface area contributed by atoms with Gasteiger partial charge in [-0.25, -0.2) is 9.48 Å². The number of carbonyl (C=O) groups excluding carboxylic acids is 1. The molecule has 0 atom stereocenters. The molecule has 0 saturated carbocycles. The van der Waals surface area contributed by atoms with E-state index in [1.54, 1.807) is 6.07 Å². The van der Waals surface area contributed by atoms with E-state index in [2.05, 4.69) is 41.7 Å². The first-order chi connectivity index (χ1) is 14.7. The third kappa shape index (κ3) is 3.70. The Kier molecular flexibility index (Phi) is 4.78. The largest absolute Gasteiger partial charge is 0.454 e. The summed E-state index contributed by atoms with van der Waals surface area (Å²) in [5, 5.41) is 7.50. The van der Waals surface area contributed by atoms with Gasteiger partial charge in [0.1, 0.15) is 0 Å². The first kappa shape index (κ1) is 18.5. The van der Waals surface area contributed by atoms with Gasteiger partial charge in [-0.2, -0.15) is 5.10 Å². The number of aromatic nitrogens is 2. The van der Waals surface area contributed by atoms with E-state index in [4.69, 9.17) is 9.47 Å². The van der Waals surface area contributed by atoms with E-state index in [0.29, 0.717) is 23.1 Å². The Labute approximate surface area is 175 Å². The van der Waals surface area contributed by atoms with E-state index in [1.165, 1.54) is 11.1 Å². The van der Waals surface area contributed by atoms with Crippen LogP contribution in [-0.4, -0.2) is 40.6 Å². The van der Waals surface area contributed by atoms with Crippen LogP contribution in [0.5, 0.6) is 11.5 Å². The molecule has 7 nitrogen and oxygen atoms in total. The molecule has 1 saturated heterocycles. The molecule has 1 N–H and O–H groups in total. The summed E-state index contributed by atoms with van der Waals surface area (Å²) in [5.41, 5.74) is 4.23. The van der Waals surface area contributed by atoms with Gasteiger partial charge in [-0.3, -0.25) is 0 Å². The summed E-state index contributed by atoms with van der Waals surface area (Å²) in [6, 6.07) is 13.7. The number of urea groups is 1. The molecule has 3 aromatic rings. The molecule has 0 spiro atoms. The van der Waals surface area contributed by atoms with Gasteiger partial charge in [0.2, 0.25) is 6.79 Å². The van der Waals surface area contributed by atoms with Gasteiger partial charge in [0.15, 0.2) is 11.5 Å². The third-order valence-electron chi connectivity index (χ3n) is 5.75. The van der Waals surface area contributed by atoms with Gasteiger partial charge in [-0.1, -0.05) is 12.1 Å². The molecule has 154 valence electrons. The molecule has 7 heteroatoms. The molecular formula is C23H24N4O3. The predicted molar refractivity (Wildman–Crippen MR) is 113 cm³/mol. The lowest BCUT2D eigenvalue weighted by Crippen LogP contribution is -2.40. The zero-order valence-electron chi connectivity index (χ0n) is 16.9. The first-order valence-corrected chi connectivity index (χ1v) is 10.2. The molecule has 3 heterocycles. The lowest BCUT2D eigenvalue weighted by atomic mass is 9.92. The molecule has 2 aliphatic rings. The van der Waals surface area contributed by atoms with Crippen molar-refractivity contribution in [1.29, 1.82) is 0 Å². The standard InChI is InChI=1S/C23H24N4O3/c1-16-3-2-4-20(11-16)27-14-18(13-24-27)17-7-9-26(10-8-17)23(28)25-19-5-6-21-22(12-19)30-15-29-21/h2-6,11-14,17H,7-10,15H2,1H3,(H,25,28). The van der Waals surface area contributed by atoms with Gasteiger partial charge >= 0.3 is 6.03 Å². The molecule has 2 aliphatic heterocycles. The first-order valence-electron chi connectivity index (χ1n) is 10.2. The fourth-order valence-electron chi connectivity index (χ4n) is 4.05. The van der Waals surface area contributed by atoms with Gasteiger partial charge in [-0.15, -0.1) is 0 Å². The summed E-state index contributed by atoms with van der Waals surface area (Å²) in [5.74, 6) is 1.79. The molecule has 1 aromatic heterocycles. The highest BCUT2D eigenvalue weighted by Crippen LogP contribution is 2.34. The normalized spacial score (nSPS) is 16.0. The van der Waals surface area contributed by atoms with Crippen LogP contribution in [0.15, 0.2) is 54.9 Å². The van der Waals surface area contributed by atoms with Gasteiger partial charge in [0, 0.05) is 31.0 Å². The topological polar surface area (TPSA) is 68.6 Å². The summed E-state index contributed by atoms with van der Waals surface area (Å²) in [7, 11) is 0. The number of benzene rings is 2. The van der Waals surface area contributed by atoms with Gasteiger partial charge < -0.3 is 19.7 Å². The van der Waals surface area contributed by atoms with Crippen molar-refractivity contribution in [2.24, 2.45) is 0 Å². The molecule has 0 aliphatic carbocycles. The summed E-state index contributed by atoms with van der Waals surface area (Å²) in [6.45, 7) is 3.74. The molecular weight excluding hydrogens is 380 g/mol. The monoisotopic (exact) mass is 404 g/mol. The third-order valence-corrected chi connectivity index (χ3v) is 5.75. The van der Waals surface area contributed by atoms with Crippen molar-refractivity contribution in [2.45, 2.75) is 25.7 Å². The Morgan fingerprint density at radius 1 is 1.10 bits per heavy atom. The minimum atomic E-state index is -0.0808. The van der Waals surface area contributed by atoms with Crippen LogP contribution in [0.25, 0.3) is 5.69 Å². The predicted octanol–water partition coefficient (Wildman–Crippen LogP) is 4.32. The maximum atomic E-state index is 12.7. The van der Waals surface area contributed by atoms with Gasteiger partial charge in [-0.05, 0) is 61.1 Å². The van der Waals surface area contributed by atoms with Crippen molar-refractivity contribution >= 4 is 11.7 Å². The van der Waals surface area contributed by atoms with E-state index < -0.39 is 0 Å². The van der Waals surface area contributed by atoms with Crippen LogP contribution >= 0.6 is 0 Å². The molecule has 5 rings (SSSR count). The number of hydrogen-bond donors (Lipinski definition) is 1. The Hall–Kier alpha value is -3.48. The second-order valence-electron chi connectivity index (χ2n) is 7.82. The quantitative estimate of drug-likeness (QED) is 0.706. The Morgan fingerprint density at radius 3 is 2.77 bits per heavy atom. The summed E-state index contributed by atoms with van der Waals surface area (Å²) in [4.78, 5) is 14.5. The van der Waals surface area contributed by atoms with Crippen molar-refractivity contribution in [3.05, 3.63) is 66.0 Å². The van der Waals surface area contributed by atoms with E-state index in [-0.39, 0.29) is 12.8 Å². The van der Waals surface area contributed by atoms with Gasteiger partial charge in [0.05, 0.1) is 11.9 Å². The van der Waals surface area contributed by atoms with Crippen LogP contribution in [0.3, 0.4) is 0 Å². The molecule has 0 bridgehead atoms. The molecule has 0 unspecified atom stereocenters. The Balaban J connectivity index is 1.19. The number of carbonyl (C=O) groups is 1. The van der Waals surface area contributed by atoms with Crippen LogP contribution in [0, 0.1) is 6.92 Å². The molecule has 2 aromatic carbocycles. The zero-order valence-corrected chi connectivity index (χ0v) is 16.9. The van der Waals surface area contributed by atoms with Crippen molar-refractivity contribution < 1.29 is 14.3 Å². The number of anilines is 1. The van der Waals surface area contributed by atoms with E-state index in [9.17, 15) is 4.79 Å². The Bertz CT molecular complexity index is 1070. The number of nitrogens with zero attached hydrogens (tertiary/aromatic N) is 3. The molecule has 1 fully saturated rings. The minimum absolute atomic E-state index is 0.0808. The molecule has 2 amide bonds. The number of likely N-dealkylation sites (tertiary alicyclic amines) is 1. The number of hydrogen-bond acceptors (Lipinski definition) is 4. The maximum Gasteiger partial charge on any atom is 0.321 e. The van der Waals surface area contributed by atoms with Crippen LogP contribution in [0.1, 0.15) is 29.9 Å². The number of nitrogens with one attached hydrogen (secondary N) is 1. The summed E-state index contributed by atoms with van der Waals surface area (Å²) < 4.78 is 12.6. The fraction of sp³-hybridized carbons (Fsp3) is 0.304. The number of amides is 2. The average Bonchev–Trinajstić information content (AvgIpc) is 3.43. The fourth-order valence-corrected chi connectivity index (χ4v) is 4.05. The number of piperidine rings is 1. The average molecular weight is 404 g/mol. The van der Waals surface area contributed by atoms with E-state index >= 15 is 0 Å². The number of ether oxygens (including phenoxy) is 2. The minimum Gasteiger partial charge on any atom is -0.454 e. The number of aryl methyl sites for hydroxylation is 1. The highest BCUT2D eigenvalue weighted by molar-refractivity contribution is 5.89. The SMILES string of the molecule is Cc1cccc(-n2cc(C3CCN(C(=O)Nc4ccc5c(c4)OCO5)CC3)cn2)c1. The number of rotatable bonds is 3. The number of fused-ring (bicyclic) bond motifs is 1. The van der Waals surface area contributed by atoms with Gasteiger partial charge in [0.25, 0.3) is 0 Å². The van der Waals surface area contributed by atoms with Crippen molar-refractivity contribution in [3.63, 3.8) is 0 Å². The molecule has 30 heavy (non-hydrogen) atoms.